The summed E-state index contributed by atoms with van der Waals surface area (Å²) in [7, 11) is 1.87. The Hall–Kier alpha value is -8.14. The minimum Gasteiger partial charge on any atom is -0.391 e. The quantitative estimate of drug-likeness (QED) is 0.0388. The molecule has 7 aromatic rings. The first-order valence-corrected chi connectivity index (χ1v) is 29.6. The summed E-state index contributed by atoms with van der Waals surface area (Å²) in [4.78, 5) is 82.7. The number of para-hydroxylation sites is 1. The average molecular weight is 1130 g/mol. The van der Waals surface area contributed by atoms with Gasteiger partial charge in [0.25, 0.3) is 5.91 Å². The Bertz CT molecular complexity index is 3540. The summed E-state index contributed by atoms with van der Waals surface area (Å²) >= 11 is 1.59. The molecular formula is C66H73N11O5S. The normalized spacial score (nSPS) is 17.0. The highest BCUT2D eigenvalue weighted by Gasteiger charge is 2.44. The zero-order valence-electron chi connectivity index (χ0n) is 48.0. The number of aliphatic hydroxyl groups is 1. The number of carbonyl (C=O) groups is 4. The molecule has 428 valence electrons. The lowest BCUT2D eigenvalue weighted by Gasteiger charge is -2.35. The molecule has 83 heavy (non-hydrogen) atoms. The van der Waals surface area contributed by atoms with E-state index < -0.39 is 23.6 Å². The number of carbonyl (C=O) groups excluding carboxylic acids is 4. The fourth-order valence-corrected chi connectivity index (χ4v) is 11.8. The van der Waals surface area contributed by atoms with Gasteiger partial charge in [0.15, 0.2) is 5.82 Å². The van der Waals surface area contributed by atoms with Gasteiger partial charge in [-0.2, -0.15) is 0 Å². The van der Waals surface area contributed by atoms with Crippen molar-refractivity contribution in [2.45, 2.75) is 91.1 Å². The number of fused-ring (bicyclic) bond motifs is 2. The van der Waals surface area contributed by atoms with E-state index in [1.807, 2.05) is 136 Å². The van der Waals surface area contributed by atoms with Gasteiger partial charge in [-0.25, -0.2) is 15.0 Å². The summed E-state index contributed by atoms with van der Waals surface area (Å²) < 4.78 is 0. The van der Waals surface area contributed by atoms with Crippen LogP contribution in [0.4, 0.5) is 5.82 Å². The number of unbranched alkanes of at least 4 members (excludes halogenated alkanes) is 1. The van der Waals surface area contributed by atoms with Crippen molar-refractivity contribution in [3.8, 4) is 33.7 Å². The molecule has 4 N–H and O–H groups in total. The molecule has 3 aliphatic heterocycles. The lowest BCUT2D eigenvalue weighted by atomic mass is 9.85. The van der Waals surface area contributed by atoms with Crippen LogP contribution in [0.2, 0.25) is 0 Å². The summed E-state index contributed by atoms with van der Waals surface area (Å²) in [6.07, 6.45) is 7.70. The Balaban J connectivity index is 0.623. The maximum atomic E-state index is 14.1. The smallest absolute Gasteiger partial charge is 0.254 e. The maximum absolute atomic E-state index is 14.1. The number of hydrogen-bond acceptors (Lipinski definition) is 13. The molecule has 0 saturated carbocycles. The number of pyridine rings is 1. The van der Waals surface area contributed by atoms with Crippen LogP contribution in [0, 0.1) is 24.2 Å². The summed E-state index contributed by atoms with van der Waals surface area (Å²) in [5.74, 6) is 7.13. The van der Waals surface area contributed by atoms with Crippen molar-refractivity contribution in [2.75, 3.05) is 64.7 Å². The van der Waals surface area contributed by atoms with Crippen molar-refractivity contribution in [3.05, 3.63) is 160 Å². The minimum absolute atomic E-state index is 0.0300. The number of thiazole rings is 1. The molecule has 10 rings (SSSR count). The molecule has 3 aromatic heterocycles. The van der Waals surface area contributed by atoms with Crippen molar-refractivity contribution < 1.29 is 24.3 Å². The summed E-state index contributed by atoms with van der Waals surface area (Å²) in [6, 6.07) is 32.2. The van der Waals surface area contributed by atoms with E-state index in [2.05, 4.69) is 71.8 Å². The number of nitrogens with one attached hydrogen (secondary N) is 3. The van der Waals surface area contributed by atoms with Crippen LogP contribution in [0.15, 0.2) is 115 Å². The zero-order valence-corrected chi connectivity index (χ0v) is 48.8. The number of β-amino-alcohol motifs (C(OH)–C–C–N with tert-alkyl or cyclic N) is 1. The topological polar surface area (TPSA) is 189 Å². The molecule has 0 bridgehead atoms. The maximum Gasteiger partial charge on any atom is 0.254 e. The average Bonchev–Trinajstić information content (AvgIpc) is 4.32. The number of anilines is 1. The number of aryl methyl sites for hydroxylation is 1. The number of aliphatic hydroxyl groups excluding tert-OH is 1. The number of amides is 4. The Labute approximate surface area is 490 Å². The Morgan fingerprint density at radius 3 is 2.28 bits per heavy atom. The largest absolute Gasteiger partial charge is 0.391 e. The molecular weight excluding hydrogens is 1060 g/mol. The van der Waals surface area contributed by atoms with Crippen LogP contribution < -0.4 is 16.0 Å². The summed E-state index contributed by atoms with van der Waals surface area (Å²) in [6.45, 7) is 14.2. The van der Waals surface area contributed by atoms with Crippen molar-refractivity contribution in [1.82, 2.24) is 50.2 Å². The molecule has 3 aliphatic rings. The number of piperazine rings is 1. The van der Waals surface area contributed by atoms with E-state index in [1.54, 1.807) is 17.5 Å². The number of aromatic nitrogens is 4. The van der Waals surface area contributed by atoms with Gasteiger partial charge in [0.2, 0.25) is 17.7 Å². The molecule has 0 unspecified atom stereocenters. The van der Waals surface area contributed by atoms with E-state index in [1.165, 1.54) is 4.90 Å². The minimum atomic E-state index is -0.860. The van der Waals surface area contributed by atoms with Crippen molar-refractivity contribution >= 4 is 63.8 Å². The van der Waals surface area contributed by atoms with Crippen LogP contribution >= 0.6 is 11.3 Å². The molecule has 4 amide bonds. The third-order valence-corrected chi connectivity index (χ3v) is 16.8. The second kappa shape index (κ2) is 26.4. The molecule has 2 fully saturated rings. The van der Waals surface area contributed by atoms with Gasteiger partial charge in [0, 0.05) is 99.5 Å². The van der Waals surface area contributed by atoms with E-state index in [-0.39, 0.29) is 49.6 Å². The van der Waals surface area contributed by atoms with Crippen LogP contribution in [-0.2, 0) is 33.9 Å². The molecule has 6 heterocycles. The lowest BCUT2D eigenvalue weighted by molar-refractivity contribution is -0.144. The van der Waals surface area contributed by atoms with E-state index >= 15 is 0 Å². The molecule has 0 aliphatic carbocycles. The van der Waals surface area contributed by atoms with Gasteiger partial charge in [-0.05, 0) is 96.8 Å². The molecule has 16 nitrogen and oxygen atoms in total. The lowest BCUT2D eigenvalue weighted by Crippen LogP contribution is -2.57. The Kier molecular flexibility index (Phi) is 18.5. The van der Waals surface area contributed by atoms with Crippen molar-refractivity contribution in [3.63, 3.8) is 0 Å². The van der Waals surface area contributed by atoms with E-state index in [0.29, 0.717) is 43.9 Å². The second-order valence-electron chi connectivity index (χ2n) is 22.9. The Morgan fingerprint density at radius 1 is 0.843 bits per heavy atom. The number of hydrogen-bond donors (Lipinski definition) is 4. The zero-order chi connectivity index (χ0) is 58.0. The molecule has 17 heteroatoms. The van der Waals surface area contributed by atoms with Crippen LogP contribution in [0.5, 0.6) is 0 Å². The first-order chi connectivity index (χ1) is 40.1. The highest BCUT2D eigenvalue weighted by molar-refractivity contribution is 7.13. The van der Waals surface area contributed by atoms with Crippen LogP contribution in [-0.4, -0.2) is 146 Å². The molecule has 2 saturated heterocycles. The van der Waals surface area contributed by atoms with E-state index in [0.717, 1.165) is 111 Å². The van der Waals surface area contributed by atoms with Gasteiger partial charge in [0.1, 0.15) is 17.9 Å². The number of nitrogens with zero attached hydrogens (tertiary/aromatic N) is 8. The van der Waals surface area contributed by atoms with Gasteiger partial charge >= 0.3 is 0 Å². The molecule has 3 atom stereocenters. The van der Waals surface area contributed by atoms with Gasteiger partial charge < -0.3 is 35.8 Å². The van der Waals surface area contributed by atoms with Crippen molar-refractivity contribution in [1.29, 1.82) is 0 Å². The van der Waals surface area contributed by atoms with Gasteiger partial charge in [-0.3, -0.25) is 29.1 Å². The van der Waals surface area contributed by atoms with Gasteiger partial charge in [-0.1, -0.05) is 111 Å². The number of likely N-dealkylation sites (tertiary alicyclic amines) is 1. The van der Waals surface area contributed by atoms with E-state index in [4.69, 9.17) is 9.97 Å². The van der Waals surface area contributed by atoms with Crippen LogP contribution in [0.25, 0.3) is 44.9 Å². The van der Waals surface area contributed by atoms with Crippen LogP contribution in [0.1, 0.15) is 96.0 Å². The Morgan fingerprint density at radius 2 is 1.57 bits per heavy atom. The third kappa shape index (κ3) is 14.6. The third-order valence-electron chi connectivity index (χ3n) is 15.8. The molecule has 0 radical (unpaired) electrons. The predicted octanol–water partition coefficient (Wildman–Crippen LogP) is 8.48. The number of rotatable bonds is 17. The van der Waals surface area contributed by atoms with Gasteiger partial charge in [-0.15, -0.1) is 11.3 Å². The highest BCUT2D eigenvalue weighted by atomic mass is 32.1. The molecule has 4 aromatic carbocycles. The van der Waals surface area contributed by atoms with Crippen molar-refractivity contribution in [2.24, 2.45) is 5.41 Å². The first-order valence-electron chi connectivity index (χ1n) is 28.7. The molecule has 0 spiro atoms. The second-order valence-corrected chi connectivity index (χ2v) is 23.7. The van der Waals surface area contributed by atoms with Crippen LogP contribution in [0.3, 0.4) is 0 Å². The summed E-state index contributed by atoms with van der Waals surface area (Å²) in [5, 5.41) is 20.9. The monoisotopic (exact) mass is 1130 g/mol. The SMILES string of the molecule is CNc1nc(-c2cnc3ccccc3c2)nc2c1CCN(C(=O)c1ccc(/C=C/c3ccc(C#CCN4CCN(CCCCC(=O)N[C@H](C(=O)N5C[C@H](O)C[C@H]5C(=O)NCc5ccc(-c6scnc6C)cc5)C(C)(C)C)CC4)cc3)cc1)C2. The summed E-state index contributed by atoms with van der Waals surface area (Å²) in [5.41, 5.74) is 11.4. The fraction of sp³-hybridized carbons (Fsp3) is 0.364. The first kappa shape index (κ1) is 58.1. The standard InChI is InChI=1S/C66H73N11O5S/c1-44-59(83-43-70-44)49-25-23-48(24-26-49)39-69-63(80)57-38-53(78)41-77(57)65(82)60(66(2,3)4)72-58(79)14-8-9-30-74-33-35-75(36-34-74)31-10-11-45-15-17-46(18-16-45)19-20-47-21-27-50(28-22-47)64(81)76-32-29-54-56(42-76)71-61(73-62(54)67-5)52-37-51-12-6-7-13-55(51)68-40-52/h6-7,12-13,15-28,37,40,43,53,57,60,78H,8-9,14,29-36,38-39,41-42H2,1-5H3,(H,69,80)(H,72,79)(H,67,71,73)/b20-19+/t53-,57+,60-/m1/s1. The highest BCUT2D eigenvalue weighted by Crippen LogP contribution is 2.31. The van der Waals surface area contributed by atoms with Gasteiger partial charge in [0.05, 0.1) is 46.5 Å². The number of benzene rings is 4. The van der Waals surface area contributed by atoms with E-state index in [9.17, 15) is 24.3 Å². The fourth-order valence-electron chi connectivity index (χ4n) is 11.0. The predicted molar refractivity (Wildman–Crippen MR) is 328 cm³/mol.